The van der Waals surface area contributed by atoms with Gasteiger partial charge in [-0.3, -0.25) is 14.6 Å². The molecule has 254 valence electrons. The summed E-state index contributed by atoms with van der Waals surface area (Å²) >= 11 is 6.23. The second kappa shape index (κ2) is 12.7. The molecule has 2 heterocycles. The first-order chi connectivity index (χ1) is 23.0. The first-order valence-corrected chi connectivity index (χ1v) is 18.0. The van der Waals surface area contributed by atoms with Crippen molar-refractivity contribution < 1.29 is 24.9 Å². The number of halogens is 1. The highest BCUT2D eigenvalue weighted by Crippen LogP contribution is 2.67. The van der Waals surface area contributed by atoms with Crippen LogP contribution in [0, 0.1) is 28.6 Å². The van der Waals surface area contributed by atoms with Crippen LogP contribution in [0.15, 0.2) is 65.9 Å². The van der Waals surface area contributed by atoms with Crippen LogP contribution in [0.1, 0.15) is 81.2 Å². The third kappa shape index (κ3) is 5.37. The molecule has 7 nitrogen and oxygen atoms in total. The Labute approximate surface area is 288 Å². The Hall–Kier alpha value is -2.94. The van der Waals surface area contributed by atoms with E-state index in [-0.39, 0.29) is 29.0 Å². The van der Waals surface area contributed by atoms with Gasteiger partial charge in [0.15, 0.2) is 11.6 Å². The van der Waals surface area contributed by atoms with E-state index in [1.165, 1.54) is 33.5 Å². The lowest BCUT2D eigenvalue weighted by Gasteiger charge is -2.59. The van der Waals surface area contributed by atoms with E-state index in [0.717, 1.165) is 68.6 Å². The Kier molecular flexibility index (Phi) is 8.91. The van der Waals surface area contributed by atoms with Crippen molar-refractivity contribution in [2.24, 2.45) is 28.6 Å². The van der Waals surface area contributed by atoms with Crippen LogP contribution in [-0.4, -0.2) is 63.3 Å². The van der Waals surface area contributed by atoms with Gasteiger partial charge < -0.3 is 20.6 Å². The van der Waals surface area contributed by atoms with Crippen LogP contribution in [0.3, 0.4) is 0 Å². The molecule has 8 rings (SSSR count). The summed E-state index contributed by atoms with van der Waals surface area (Å²) in [7, 11) is 0. The minimum absolute atomic E-state index is 0.00912. The topological polar surface area (TPSA) is 120 Å². The van der Waals surface area contributed by atoms with Gasteiger partial charge in [0.2, 0.25) is 0 Å². The second-order valence-electron chi connectivity index (χ2n) is 15.2. The monoisotopic (exact) mass is 670 g/mol. The molecule has 0 amide bonds. The Balaban J connectivity index is 0.000000154. The summed E-state index contributed by atoms with van der Waals surface area (Å²) in [5.74, 6) is -0.227. The predicted octanol–water partition coefficient (Wildman–Crippen LogP) is 5.58. The number of aliphatic hydroxyl groups is 3. The molecule has 0 bridgehead atoms. The lowest BCUT2D eigenvalue weighted by molar-refractivity contribution is -0.178. The first-order valence-electron chi connectivity index (χ1n) is 17.6. The highest BCUT2D eigenvalue weighted by molar-refractivity contribution is 6.30. The first kappa shape index (κ1) is 33.6. The number of carbonyl (C=O) groups is 2. The van der Waals surface area contributed by atoms with Gasteiger partial charge in [-0.1, -0.05) is 54.8 Å². The number of hydrogen-bond donors (Lipinski definition) is 4. The van der Waals surface area contributed by atoms with Gasteiger partial charge in [0.1, 0.15) is 12.2 Å². The number of fused-ring (bicyclic) bond motifs is 7. The number of aryl methyl sites for hydroxylation is 2. The lowest BCUT2D eigenvalue weighted by Crippen LogP contribution is -2.61. The molecule has 48 heavy (non-hydrogen) atoms. The molecule has 5 aliphatic carbocycles. The third-order valence-corrected chi connectivity index (χ3v) is 13.2. The van der Waals surface area contributed by atoms with E-state index in [9.17, 15) is 24.9 Å². The number of allylic oxidation sites excluding steroid dienone is 4. The molecule has 0 radical (unpaired) electrons. The number of aliphatic hydroxyl groups excluding tert-OH is 2. The molecular weight excluding hydrogens is 624 g/mol. The molecule has 8 heteroatoms. The van der Waals surface area contributed by atoms with E-state index in [2.05, 4.69) is 30.4 Å². The standard InChI is InChI=1S/C21H28O5.C19H19ClN2/c1-19-7-5-13(23)9-12(19)3-4-14-15-6-8-21(26,17(25)11-22)20(15,2)10-16(24)18(14)19;20-16-5-6-17-15(12-16)4-3-14-2-1-9-22-19(14)18(17)13-7-10-21-11-8-13/h5,7,9,14-16,18,22,24,26H,3-4,6,8,10-11H2,1-2H3;1-2,5-6,9,12,21H,3-4,7-8,10-11H2/t14-,15-,16-,18+,19-,20-,21-;/m0./s1. The number of piperidine rings is 1. The number of hydrogen-bond acceptors (Lipinski definition) is 7. The summed E-state index contributed by atoms with van der Waals surface area (Å²) in [5.41, 5.74) is 6.58. The molecule has 2 aromatic rings. The van der Waals surface area contributed by atoms with Crippen LogP contribution in [0.2, 0.25) is 5.02 Å². The Morgan fingerprint density at radius 2 is 1.83 bits per heavy atom. The molecule has 4 fully saturated rings. The maximum atomic E-state index is 12.4. The maximum Gasteiger partial charge on any atom is 0.190 e. The number of carbonyl (C=O) groups excluding carboxylic acids is 2. The van der Waals surface area contributed by atoms with Crippen LogP contribution in [-0.2, 0) is 22.4 Å². The van der Waals surface area contributed by atoms with E-state index < -0.39 is 29.5 Å². The fourth-order valence-corrected chi connectivity index (χ4v) is 10.7. The summed E-state index contributed by atoms with van der Waals surface area (Å²) in [6.07, 6.45) is 13.9. The largest absolute Gasteiger partial charge is 0.393 e. The minimum atomic E-state index is -1.56. The van der Waals surface area contributed by atoms with Crippen molar-refractivity contribution in [1.29, 1.82) is 0 Å². The fourth-order valence-electron chi connectivity index (χ4n) is 10.5. The van der Waals surface area contributed by atoms with Crippen molar-refractivity contribution >= 4 is 28.7 Å². The number of nitrogens with zero attached hydrogens (tertiary/aromatic N) is 1. The number of aromatic nitrogens is 1. The summed E-state index contributed by atoms with van der Waals surface area (Å²) in [6, 6.07) is 10.6. The summed E-state index contributed by atoms with van der Waals surface area (Å²) in [5, 5.41) is 35.9. The zero-order valence-electron chi connectivity index (χ0n) is 28.0. The molecule has 1 aromatic heterocycles. The van der Waals surface area contributed by atoms with Crippen molar-refractivity contribution in [2.45, 2.75) is 83.3 Å². The van der Waals surface area contributed by atoms with E-state index in [1.807, 2.05) is 31.3 Å². The van der Waals surface area contributed by atoms with Crippen LogP contribution < -0.4 is 5.32 Å². The zero-order valence-corrected chi connectivity index (χ0v) is 28.7. The van der Waals surface area contributed by atoms with Crippen molar-refractivity contribution in [1.82, 2.24) is 10.3 Å². The predicted molar refractivity (Wildman–Crippen MR) is 186 cm³/mol. The number of rotatable bonds is 2. The SMILES string of the molecule is C[C@]12C=CC(=O)C=C1CC[C@@H]1[C@@H]2[C@@H](O)C[C@@]2(C)[C@H]1CC[C@]2(O)C(=O)CO.Clc1ccc2c(c1)CCc1cccnc1C2=C1CCNCC1. The van der Waals surface area contributed by atoms with Crippen molar-refractivity contribution in [2.75, 3.05) is 19.7 Å². The number of pyridine rings is 1. The van der Waals surface area contributed by atoms with Gasteiger partial charge in [0.25, 0.3) is 0 Å². The molecule has 1 saturated heterocycles. The van der Waals surface area contributed by atoms with Crippen LogP contribution in [0.25, 0.3) is 5.57 Å². The van der Waals surface area contributed by atoms with Crippen molar-refractivity contribution in [3.05, 3.63) is 93.3 Å². The van der Waals surface area contributed by atoms with Crippen LogP contribution in [0.5, 0.6) is 0 Å². The van der Waals surface area contributed by atoms with Gasteiger partial charge in [0, 0.05) is 33.5 Å². The minimum Gasteiger partial charge on any atom is -0.393 e. The fraction of sp³-hybridized carbons (Fsp3) is 0.525. The van der Waals surface area contributed by atoms with Crippen molar-refractivity contribution in [3.63, 3.8) is 0 Å². The Bertz CT molecular complexity index is 1720. The van der Waals surface area contributed by atoms with Crippen LogP contribution >= 0.6 is 11.6 Å². The average molecular weight is 671 g/mol. The number of Topliss-reactive ketones (excluding diaryl/α,β-unsaturated/α-hetero) is 1. The molecule has 3 saturated carbocycles. The molecule has 7 atom stereocenters. The Morgan fingerprint density at radius 1 is 1.06 bits per heavy atom. The summed E-state index contributed by atoms with van der Waals surface area (Å²) in [6.45, 7) is 5.46. The highest BCUT2D eigenvalue weighted by Gasteiger charge is 2.68. The van der Waals surface area contributed by atoms with Gasteiger partial charge in [-0.25, -0.2) is 0 Å². The van der Waals surface area contributed by atoms with E-state index in [1.54, 1.807) is 12.2 Å². The van der Waals surface area contributed by atoms with Gasteiger partial charge >= 0.3 is 0 Å². The smallest absolute Gasteiger partial charge is 0.190 e. The normalized spacial score (nSPS) is 35.1. The van der Waals surface area contributed by atoms with E-state index >= 15 is 0 Å². The maximum absolute atomic E-state index is 12.4. The lowest BCUT2D eigenvalue weighted by atomic mass is 9.46. The number of benzene rings is 1. The van der Waals surface area contributed by atoms with Crippen LogP contribution in [0.4, 0.5) is 0 Å². The zero-order chi connectivity index (χ0) is 33.8. The van der Waals surface area contributed by atoms with Gasteiger partial charge in [-0.05, 0) is 130 Å². The second-order valence-corrected chi connectivity index (χ2v) is 15.7. The van der Waals surface area contributed by atoms with Gasteiger partial charge in [-0.15, -0.1) is 0 Å². The number of nitrogens with one attached hydrogen (secondary N) is 1. The van der Waals surface area contributed by atoms with E-state index in [0.29, 0.717) is 12.8 Å². The highest BCUT2D eigenvalue weighted by atomic mass is 35.5. The van der Waals surface area contributed by atoms with Gasteiger partial charge in [0.05, 0.1) is 11.8 Å². The van der Waals surface area contributed by atoms with Gasteiger partial charge in [-0.2, -0.15) is 0 Å². The van der Waals surface area contributed by atoms with Crippen molar-refractivity contribution in [3.8, 4) is 0 Å². The summed E-state index contributed by atoms with van der Waals surface area (Å²) in [4.78, 5) is 28.9. The molecule has 0 spiro atoms. The molecule has 1 aromatic carbocycles. The Morgan fingerprint density at radius 3 is 2.60 bits per heavy atom. The molecule has 4 N–H and O–H groups in total. The molecular formula is C40H47ClN2O5. The van der Waals surface area contributed by atoms with E-state index in [4.69, 9.17) is 16.6 Å². The molecule has 1 aliphatic heterocycles. The third-order valence-electron chi connectivity index (χ3n) is 12.9. The molecule has 6 aliphatic rings. The summed E-state index contributed by atoms with van der Waals surface area (Å²) < 4.78 is 0. The quantitative estimate of drug-likeness (QED) is 0.330. The average Bonchev–Trinajstić information content (AvgIpc) is 3.25. The molecule has 0 unspecified atom stereocenters. The number of ketones is 2.